The maximum Gasteiger partial charge on any atom is 0.200 e. The van der Waals surface area contributed by atoms with E-state index in [4.69, 9.17) is 9.47 Å². The molecule has 2 rings (SSSR count). The zero-order chi connectivity index (χ0) is 18.6. The van der Waals surface area contributed by atoms with Crippen LogP contribution in [0.15, 0.2) is 48.5 Å². The number of benzene rings is 2. The topological polar surface area (TPSA) is 35.5 Å². The summed E-state index contributed by atoms with van der Waals surface area (Å²) in [6, 6.07) is 14.8. The molecule has 0 aliphatic heterocycles. The first-order valence-corrected chi connectivity index (χ1v) is 11.1. The third-order valence-electron chi connectivity index (χ3n) is 3.83. The molecular weight excluding hydrogens is 460 g/mol. The minimum absolute atomic E-state index is 0.0721. The first kappa shape index (κ1) is 21.0. The summed E-state index contributed by atoms with van der Waals surface area (Å²) in [4.78, 5) is 13.1. The van der Waals surface area contributed by atoms with Crippen LogP contribution in [0.25, 0.3) is 0 Å². The Kier molecular flexibility index (Phi) is 9.78. The molecule has 0 unspecified atom stereocenters. The number of halogens is 2. The number of hydrogen-bond acceptors (Lipinski definition) is 3. The van der Waals surface area contributed by atoms with Crippen LogP contribution in [0.1, 0.15) is 41.6 Å². The molecule has 0 atom stereocenters. The minimum Gasteiger partial charge on any atom is -0.493 e. The zero-order valence-corrected chi connectivity index (χ0v) is 17.9. The third-order valence-corrected chi connectivity index (χ3v) is 4.96. The average molecular weight is 484 g/mol. The predicted octanol–water partition coefficient (Wildman–Crippen LogP) is 6.03. The Hall–Kier alpha value is -1.33. The Morgan fingerprint density at radius 2 is 1.12 bits per heavy atom. The van der Waals surface area contributed by atoms with Crippen molar-refractivity contribution >= 4 is 37.6 Å². The molecule has 0 saturated carbocycles. The molecule has 0 aromatic heterocycles. The van der Waals surface area contributed by atoms with Gasteiger partial charge in [0.2, 0.25) is 0 Å². The van der Waals surface area contributed by atoms with Crippen LogP contribution in [0.2, 0.25) is 0 Å². The second kappa shape index (κ2) is 12.1. The normalized spacial score (nSPS) is 10.5. The van der Waals surface area contributed by atoms with Gasteiger partial charge in [-0.05, 0) is 49.9 Å². The van der Waals surface area contributed by atoms with E-state index in [1.807, 2.05) is 48.5 Å². The van der Waals surface area contributed by atoms with E-state index in [2.05, 4.69) is 31.9 Å². The maximum atomic E-state index is 13.1. The highest BCUT2D eigenvalue weighted by molar-refractivity contribution is 9.09. The van der Waals surface area contributed by atoms with Gasteiger partial charge < -0.3 is 9.47 Å². The first-order chi connectivity index (χ1) is 12.8. The Morgan fingerprint density at radius 1 is 0.692 bits per heavy atom. The van der Waals surface area contributed by atoms with E-state index >= 15 is 0 Å². The molecule has 0 heterocycles. The summed E-state index contributed by atoms with van der Waals surface area (Å²) in [7, 11) is 0. The largest absolute Gasteiger partial charge is 0.493 e. The lowest BCUT2D eigenvalue weighted by atomic mass is 10.0. The van der Waals surface area contributed by atoms with Crippen molar-refractivity contribution in [3.63, 3.8) is 0 Å². The summed E-state index contributed by atoms with van der Waals surface area (Å²) in [5.74, 6) is 1.18. The fourth-order valence-corrected chi connectivity index (χ4v) is 3.26. The van der Waals surface area contributed by atoms with Crippen molar-refractivity contribution in [1.82, 2.24) is 0 Å². The lowest BCUT2D eigenvalue weighted by Crippen LogP contribution is -2.09. The molecular formula is C21H24Br2O3. The van der Waals surface area contributed by atoms with Crippen molar-refractivity contribution in [3.05, 3.63) is 59.7 Å². The van der Waals surface area contributed by atoms with Crippen LogP contribution in [0.3, 0.4) is 0 Å². The molecule has 0 bridgehead atoms. The highest BCUT2D eigenvalue weighted by Gasteiger charge is 2.18. The van der Waals surface area contributed by atoms with Gasteiger partial charge in [-0.2, -0.15) is 0 Å². The minimum atomic E-state index is -0.0721. The molecule has 0 amide bonds. The number of carbonyl (C=O) groups excluding carboxylic acids is 1. The van der Waals surface area contributed by atoms with Crippen molar-refractivity contribution in [3.8, 4) is 11.5 Å². The molecule has 2 aromatic carbocycles. The van der Waals surface area contributed by atoms with Crippen molar-refractivity contribution < 1.29 is 14.3 Å². The van der Waals surface area contributed by atoms with E-state index in [9.17, 15) is 4.79 Å². The van der Waals surface area contributed by atoms with E-state index in [0.29, 0.717) is 35.8 Å². The molecule has 0 radical (unpaired) electrons. The number of ether oxygens (including phenoxy) is 2. The Bertz CT molecular complexity index is 631. The van der Waals surface area contributed by atoms with Crippen LogP contribution in [-0.2, 0) is 0 Å². The van der Waals surface area contributed by atoms with Gasteiger partial charge in [0, 0.05) is 10.7 Å². The number of alkyl halides is 2. The molecule has 0 fully saturated rings. The quantitative estimate of drug-likeness (QED) is 0.210. The summed E-state index contributed by atoms with van der Waals surface area (Å²) in [6.45, 7) is 1.20. The fraction of sp³-hybridized carbons (Fsp3) is 0.381. The van der Waals surface area contributed by atoms with Gasteiger partial charge in [-0.15, -0.1) is 0 Å². The summed E-state index contributed by atoms with van der Waals surface area (Å²) < 4.78 is 11.7. The van der Waals surface area contributed by atoms with Crippen LogP contribution >= 0.6 is 31.9 Å². The Morgan fingerprint density at radius 3 is 1.54 bits per heavy atom. The molecule has 0 aliphatic carbocycles. The van der Waals surface area contributed by atoms with Crippen molar-refractivity contribution in [2.45, 2.75) is 25.7 Å². The molecule has 0 aliphatic rings. The highest BCUT2D eigenvalue weighted by Crippen LogP contribution is 2.27. The number of hydrogen-bond donors (Lipinski definition) is 0. The number of rotatable bonds is 12. The van der Waals surface area contributed by atoms with Crippen LogP contribution < -0.4 is 9.47 Å². The van der Waals surface area contributed by atoms with E-state index in [1.165, 1.54) is 0 Å². The van der Waals surface area contributed by atoms with E-state index in [1.54, 1.807) is 0 Å². The Labute approximate surface area is 172 Å². The van der Waals surface area contributed by atoms with Crippen LogP contribution in [0, 0.1) is 0 Å². The van der Waals surface area contributed by atoms with Crippen LogP contribution in [0.5, 0.6) is 11.5 Å². The number of para-hydroxylation sites is 2. The molecule has 3 nitrogen and oxygen atoms in total. The fourth-order valence-electron chi connectivity index (χ4n) is 2.46. The second-order valence-electron chi connectivity index (χ2n) is 5.81. The molecule has 26 heavy (non-hydrogen) atoms. The van der Waals surface area contributed by atoms with Gasteiger partial charge in [0.1, 0.15) is 11.5 Å². The standard InChI is InChI=1S/C21H24Br2O3/c22-13-5-7-15-25-19-11-3-1-9-17(19)21(24)18-10-2-4-12-20(18)26-16-8-6-14-23/h1-4,9-12H,5-8,13-16H2. The molecule has 0 saturated heterocycles. The third kappa shape index (κ3) is 6.44. The first-order valence-electron chi connectivity index (χ1n) is 8.88. The highest BCUT2D eigenvalue weighted by atomic mass is 79.9. The molecule has 0 N–H and O–H groups in total. The Balaban J connectivity index is 2.13. The van der Waals surface area contributed by atoms with Crippen molar-refractivity contribution in [2.24, 2.45) is 0 Å². The summed E-state index contributed by atoms with van der Waals surface area (Å²) >= 11 is 6.83. The number of unbranched alkanes of at least 4 members (excludes halogenated alkanes) is 2. The molecule has 0 spiro atoms. The SMILES string of the molecule is O=C(c1ccccc1OCCCCBr)c1ccccc1OCCCCBr. The lowest BCUT2D eigenvalue weighted by Gasteiger charge is -2.13. The van der Waals surface area contributed by atoms with Crippen molar-refractivity contribution in [2.75, 3.05) is 23.9 Å². The number of carbonyl (C=O) groups is 1. The van der Waals surface area contributed by atoms with Gasteiger partial charge in [-0.1, -0.05) is 56.1 Å². The second-order valence-corrected chi connectivity index (χ2v) is 7.40. The van der Waals surface area contributed by atoms with Crippen LogP contribution in [-0.4, -0.2) is 29.7 Å². The molecule has 2 aromatic rings. The summed E-state index contributed by atoms with van der Waals surface area (Å²) in [5.41, 5.74) is 1.14. The van der Waals surface area contributed by atoms with Gasteiger partial charge in [-0.3, -0.25) is 4.79 Å². The number of ketones is 1. The summed E-state index contributed by atoms with van der Waals surface area (Å²) in [6.07, 6.45) is 3.98. The zero-order valence-electron chi connectivity index (χ0n) is 14.8. The monoisotopic (exact) mass is 482 g/mol. The van der Waals surface area contributed by atoms with Crippen LogP contribution in [0.4, 0.5) is 0 Å². The van der Waals surface area contributed by atoms with E-state index in [-0.39, 0.29) is 5.78 Å². The summed E-state index contributed by atoms with van der Waals surface area (Å²) in [5, 5.41) is 1.91. The van der Waals surface area contributed by atoms with Gasteiger partial charge in [-0.25, -0.2) is 0 Å². The lowest BCUT2D eigenvalue weighted by molar-refractivity contribution is 0.103. The van der Waals surface area contributed by atoms with E-state index in [0.717, 1.165) is 36.3 Å². The smallest absolute Gasteiger partial charge is 0.200 e. The maximum absolute atomic E-state index is 13.1. The average Bonchev–Trinajstić information content (AvgIpc) is 2.69. The van der Waals surface area contributed by atoms with Gasteiger partial charge >= 0.3 is 0 Å². The predicted molar refractivity (Wildman–Crippen MR) is 113 cm³/mol. The molecule has 140 valence electrons. The molecule has 5 heteroatoms. The van der Waals surface area contributed by atoms with Gasteiger partial charge in [0.05, 0.1) is 24.3 Å². The van der Waals surface area contributed by atoms with E-state index < -0.39 is 0 Å². The van der Waals surface area contributed by atoms with Crippen molar-refractivity contribution in [1.29, 1.82) is 0 Å². The van der Waals surface area contributed by atoms with Gasteiger partial charge in [0.25, 0.3) is 0 Å². The van der Waals surface area contributed by atoms with Gasteiger partial charge in [0.15, 0.2) is 5.78 Å².